The van der Waals surface area contributed by atoms with Crippen molar-refractivity contribution >= 4 is 5.91 Å². The zero-order chi connectivity index (χ0) is 13.8. The maximum atomic E-state index is 12.0. The largest absolute Gasteiger partial charge is 0.396 e. The summed E-state index contributed by atoms with van der Waals surface area (Å²) < 4.78 is 0. The van der Waals surface area contributed by atoms with E-state index in [-0.39, 0.29) is 24.5 Å². The second kappa shape index (κ2) is 6.55. The number of aliphatic hydroxyl groups excluding tert-OH is 1. The number of hydrogen-bond acceptors (Lipinski definition) is 2. The summed E-state index contributed by atoms with van der Waals surface area (Å²) in [5.41, 5.74) is 0.367. The molecule has 1 rings (SSSR count). The fourth-order valence-corrected chi connectivity index (χ4v) is 2.85. The van der Waals surface area contributed by atoms with E-state index in [1.54, 1.807) is 0 Å². The first-order chi connectivity index (χ1) is 8.34. The quantitative estimate of drug-likeness (QED) is 0.811. The Labute approximate surface area is 111 Å². The van der Waals surface area contributed by atoms with E-state index in [2.05, 4.69) is 26.1 Å². The van der Waals surface area contributed by atoms with E-state index in [9.17, 15) is 4.79 Å². The average molecular weight is 255 g/mol. The lowest BCUT2D eigenvalue weighted by atomic mass is 9.69. The highest BCUT2D eigenvalue weighted by Crippen LogP contribution is 2.39. The van der Waals surface area contributed by atoms with Gasteiger partial charge in [-0.1, -0.05) is 20.8 Å². The lowest BCUT2D eigenvalue weighted by Gasteiger charge is -2.36. The van der Waals surface area contributed by atoms with Gasteiger partial charge in [-0.15, -0.1) is 0 Å². The van der Waals surface area contributed by atoms with Gasteiger partial charge < -0.3 is 10.4 Å². The fourth-order valence-electron chi connectivity index (χ4n) is 2.85. The second-order valence-corrected chi connectivity index (χ2v) is 6.84. The number of rotatable bonds is 4. The predicted octanol–water partition coefficient (Wildman–Crippen LogP) is 2.73. The Morgan fingerprint density at radius 1 is 1.28 bits per heavy atom. The van der Waals surface area contributed by atoms with E-state index >= 15 is 0 Å². The van der Waals surface area contributed by atoms with Crippen molar-refractivity contribution in [2.45, 2.75) is 65.8 Å². The minimum absolute atomic E-state index is 0.0860. The molecule has 0 aliphatic heterocycles. The van der Waals surface area contributed by atoms with Gasteiger partial charge in [-0.3, -0.25) is 4.79 Å². The lowest BCUT2D eigenvalue weighted by Crippen LogP contribution is -2.40. The van der Waals surface area contributed by atoms with Crippen LogP contribution < -0.4 is 5.32 Å². The summed E-state index contributed by atoms with van der Waals surface area (Å²) in [6, 6.07) is 0.0860. The third kappa shape index (κ3) is 4.60. The highest BCUT2D eigenvalue weighted by molar-refractivity contribution is 5.78. The molecule has 2 N–H and O–H groups in total. The minimum Gasteiger partial charge on any atom is -0.396 e. The average Bonchev–Trinajstić information content (AvgIpc) is 2.28. The van der Waals surface area contributed by atoms with E-state index < -0.39 is 0 Å². The molecule has 0 saturated heterocycles. The first-order valence-electron chi connectivity index (χ1n) is 7.25. The fraction of sp³-hybridized carbons (Fsp3) is 0.933. The minimum atomic E-state index is 0.0860. The molecule has 0 aromatic heterocycles. The molecule has 0 heterocycles. The van der Waals surface area contributed by atoms with Crippen molar-refractivity contribution in [2.75, 3.05) is 6.61 Å². The van der Waals surface area contributed by atoms with Crippen LogP contribution >= 0.6 is 0 Å². The van der Waals surface area contributed by atoms with Gasteiger partial charge in [-0.2, -0.15) is 0 Å². The van der Waals surface area contributed by atoms with Gasteiger partial charge in [0.15, 0.2) is 0 Å². The highest BCUT2D eigenvalue weighted by atomic mass is 16.3. The number of hydrogen-bond donors (Lipinski definition) is 2. The molecular formula is C15H29NO2. The maximum absolute atomic E-state index is 12.0. The monoisotopic (exact) mass is 255 g/mol. The van der Waals surface area contributed by atoms with Gasteiger partial charge in [0.25, 0.3) is 0 Å². The molecule has 1 saturated carbocycles. The Kier molecular flexibility index (Phi) is 5.64. The van der Waals surface area contributed by atoms with Crippen LogP contribution in [0.15, 0.2) is 0 Å². The summed E-state index contributed by atoms with van der Waals surface area (Å²) in [5, 5.41) is 11.8. The van der Waals surface area contributed by atoms with E-state index in [0.29, 0.717) is 11.8 Å². The lowest BCUT2D eigenvalue weighted by molar-refractivity contribution is -0.127. The van der Waals surface area contributed by atoms with Crippen LogP contribution in [0.5, 0.6) is 0 Å². The smallest absolute Gasteiger partial charge is 0.223 e. The number of nitrogens with one attached hydrogen (secondary N) is 1. The van der Waals surface area contributed by atoms with Crippen molar-refractivity contribution in [3.63, 3.8) is 0 Å². The summed E-state index contributed by atoms with van der Waals surface area (Å²) in [7, 11) is 0. The zero-order valence-electron chi connectivity index (χ0n) is 12.3. The molecule has 1 fully saturated rings. The molecule has 18 heavy (non-hydrogen) atoms. The van der Waals surface area contributed by atoms with Crippen LogP contribution in [0.4, 0.5) is 0 Å². The Bertz CT molecular complexity index is 262. The Balaban J connectivity index is 2.36. The Morgan fingerprint density at radius 2 is 1.83 bits per heavy atom. The zero-order valence-corrected chi connectivity index (χ0v) is 12.3. The molecule has 1 amide bonds. The number of carbonyl (C=O) groups excluding carboxylic acids is 1. The third-order valence-electron chi connectivity index (χ3n) is 4.27. The number of amides is 1. The van der Waals surface area contributed by atoms with Gasteiger partial charge in [0.1, 0.15) is 0 Å². The van der Waals surface area contributed by atoms with Gasteiger partial charge in [-0.25, -0.2) is 0 Å². The summed E-state index contributed by atoms with van der Waals surface area (Å²) in [6.45, 7) is 8.97. The Hall–Kier alpha value is -0.570. The maximum Gasteiger partial charge on any atom is 0.223 e. The molecular weight excluding hydrogens is 226 g/mol. The molecule has 0 aromatic rings. The van der Waals surface area contributed by atoms with Crippen molar-refractivity contribution in [3.8, 4) is 0 Å². The topological polar surface area (TPSA) is 49.3 Å². The van der Waals surface area contributed by atoms with Gasteiger partial charge in [-0.05, 0) is 50.4 Å². The van der Waals surface area contributed by atoms with Crippen LogP contribution in [-0.4, -0.2) is 23.7 Å². The molecule has 1 aliphatic carbocycles. The van der Waals surface area contributed by atoms with E-state index in [1.165, 1.54) is 0 Å². The van der Waals surface area contributed by atoms with Gasteiger partial charge in [0.05, 0.1) is 0 Å². The van der Waals surface area contributed by atoms with Gasteiger partial charge in [0, 0.05) is 18.6 Å². The van der Waals surface area contributed by atoms with Crippen LogP contribution in [0, 0.1) is 17.3 Å². The molecule has 106 valence electrons. The first-order valence-corrected chi connectivity index (χ1v) is 7.25. The predicted molar refractivity (Wildman–Crippen MR) is 74.2 cm³/mol. The first kappa shape index (κ1) is 15.5. The summed E-state index contributed by atoms with van der Waals surface area (Å²) in [6.07, 6.45) is 4.99. The van der Waals surface area contributed by atoms with Crippen molar-refractivity contribution in [1.29, 1.82) is 0 Å². The normalized spacial score (nSPS) is 26.7. The standard InChI is InChI=1S/C15H29NO2/c1-11(9-10-17)16-14(18)12-5-7-13(8-6-12)15(2,3)4/h11-13,17H,5-10H2,1-4H3,(H,16,18). The van der Waals surface area contributed by atoms with Crippen LogP contribution in [0.3, 0.4) is 0 Å². The number of carbonyl (C=O) groups is 1. The van der Waals surface area contributed by atoms with Crippen LogP contribution in [0.1, 0.15) is 59.8 Å². The van der Waals surface area contributed by atoms with E-state index in [0.717, 1.165) is 31.6 Å². The summed E-state index contributed by atoms with van der Waals surface area (Å²) >= 11 is 0. The van der Waals surface area contributed by atoms with Crippen molar-refractivity contribution < 1.29 is 9.90 Å². The van der Waals surface area contributed by atoms with Crippen LogP contribution in [-0.2, 0) is 4.79 Å². The summed E-state index contributed by atoms with van der Waals surface area (Å²) in [4.78, 5) is 12.0. The molecule has 0 radical (unpaired) electrons. The van der Waals surface area contributed by atoms with Crippen LogP contribution in [0.2, 0.25) is 0 Å². The van der Waals surface area contributed by atoms with Crippen molar-refractivity contribution in [3.05, 3.63) is 0 Å². The van der Waals surface area contributed by atoms with Gasteiger partial charge >= 0.3 is 0 Å². The van der Waals surface area contributed by atoms with Crippen LogP contribution in [0.25, 0.3) is 0 Å². The number of aliphatic hydroxyl groups is 1. The highest BCUT2D eigenvalue weighted by Gasteiger charge is 2.32. The molecule has 1 aliphatic rings. The molecule has 0 spiro atoms. The molecule has 0 bridgehead atoms. The Morgan fingerprint density at radius 3 is 2.28 bits per heavy atom. The molecule has 0 aromatic carbocycles. The summed E-state index contributed by atoms with van der Waals surface area (Å²) in [5.74, 6) is 1.12. The molecule has 3 nitrogen and oxygen atoms in total. The van der Waals surface area contributed by atoms with Crippen molar-refractivity contribution in [1.82, 2.24) is 5.32 Å². The molecule has 3 heteroatoms. The van der Waals surface area contributed by atoms with E-state index in [4.69, 9.17) is 5.11 Å². The van der Waals surface area contributed by atoms with Crippen molar-refractivity contribution in [2.24, 2.45) is 17.3 Å². The SMILES string of the molecule is CC(CCO)NC(=O)C1CCC(C(C)(C)C)CC1. The molecule has 1 atom stereocenters. The van der Waals surface area contributed by atoms with Gasteiger partial charge in [0.2, 0.25) is 5.91 Å². The van der Waals surface area contributed by atoms with E-state index in [1.807, 2.05) is 6.92 Å². The second-order valence-electron chi connectivity index (χ2n) is 6.84. The molecule has 1 unspecified atom stereocenters. The third-order valence-corrected chi connectivity index (χ3v) is 4.27.